The number of carbonyl (C=O) groups is 2. The Morgan fingerprint density at radius 3 is 2.31 bits per heavy atom. The Morgan fingerprint density at radius 2 is 1.92 bits per heavy atom. The smallest absolute Gasteiger partial charge is 0.314 e. The first kappa shape index (κ1) is 18.9. The van der Waals surface area contributed by atoms with Crippen molar-refractivity contribution in [1.82, 2.24) is 10.2 Å². The summed E-state index contributed by atoms with van der Waals surface area (Å²) < 4.78 is 27.6. The lowest BCUT2D eigenvalue weighted by Gasteiger charge is -2.56. The number of hydrogen-bond acceptors (Lipinski definition) is 3. The van der Waals surface area contributed by atoms with Crippen molar-refractivity contribution in [1.29, 1.82) is 5.26 Å². The highest BCUT2D eigenvalue weighted by Crippen LogP contribution is 2.58. The molecule has 0 bridgehead atoms. The fraction of sp³-hybridized carbons (Fsp3) is 0.833. The second kappa shape index (κ2) is 6.36. The molecule has 1 aliphatic heterocycles. The summed E-state index contributed by atoms with van der Waals surface area (Å²) in [5.41, 5.74) is 4.29. The van der Waals surface area contributed by atoms with Gasteiger partial charge >= 0.3 is 6.03 Å². The van der Waals surface area contributed by atoms with Gasteiger partial charge < -0.3 is 16.0 Å². The molecular weight excluding hydrogens is 342 g/mol. The first-order valence-electron chi connectivity index (χ1n) is 9.25. The fourth-order valence-electron chi connectivity index (χ4n) is 4.66. The van der Waals surface area contributed by atoms with Crippen LogP contribution in [-0.4, -0.2) is 41.4 Å². The summed E-state index contributed by atoms with van der Waals surface area (Å²) in [6, 6.07) is 1.62. The van der Waals surface area contributed by atoms with Gasteiger partial charge in [0.1, 0.15) is 5.54 Å². The predicted molar refractivity (Wildman–Crippen MR) is 90.0 cm³/mol. The average molecular weight is 368 g/mol. The van der Waals surface area contributed by atoms with Crippen molar-refractivity contribution in [2.45, 2.75) is 63.3 Å². The van der Waals surface area contributed by atoms with Gasteiger partial charge in [0.15, 0.2) is 0 Å². The van der Waals surface area contributed by atoms with Crippen molar-refractivity contribution in [3.8, 4) is 6.07 Å². The number of rotatable bonds is 5. The molecule has 2 aliphatic carbocycles. The Labute approximate surface area is 152 Å². The minimum atomic E-state index is -2.95. The van der Waals surface area contributed by atoms with Crippen LogP contribution in [0, 0.1) is 28.6 Å². The summed E-state index contributed by atoms with van der Waals surface area (Å²) in [5, 5.41) is 11.9. The highest BCUT2D eigenvalue weighted by molar-refractivity contribution is 5.81. The van der Waals surface area contributed by atoms with E-state index in [2.05, 4.69) is 11.4 Å². The molecule has 1 unspecified atom stereocenters. The van der Waals surface area contributed by atoms with Crippen molar-refractivity contribution >= 4 is 11.9 Å². The number of hydrogen-bond donors (Lipinski definition) is 2. The summed E-state index contributed by atoms with van der Waals surface area (Å²) in [7, 11) is 0. The second-order valence-corrected chi connectivity index (χ2v) is 8.40. The highest BCUT2D eigenvalue weighted by Gasteiger charge is 2.55. The van der Waals surface area contributed by atoms with Crippen LogP contribution in [0.3, 0.4) is 0 Å². The minimum absolute atomic E-state index is 0.141. The molecule has 0 radical (unpaired) electrons. The van der Waals surface area contributed by atoms with Crippen LogP contribution < -0.4 is 11.1 Å². The number of nitrogens with zero attached hydrogens (tertiary/aromatic N) is 2. The molecule has 0 aromatic carbocycles. The molecule has 3 aliphatic rings. The number of halogens is 2. The molecule has 1 saturated heterocycles. The van der Waals surface area contributed by atoms with E-state index in [1.54, 1.807) is 4.90 Å². The number of alkyl halides is 2. The number of nitrogens with one attached hydrogen (secondary N) is 1. The molecule has 3 amide bonds. The summed E-state index contributed by atoms with van der Waals surface area (Å²) in [6.07, 6.45) is 3.62. The standard InChI is InChI=1S/C18H26F2N4O2/c1-16(19,20)10-12(14(25)23-18(11-21)4-5-18)13-2-3-17(13)6-8-24(9-7-17)15(22)26/h12-13H,2-10H2,1H3,(H2,22,26)(H,23,25)/t12-,13?/m0/s1. The zero-order valence-electron chi connectivity index (χ0n) is 15.1. The van der Waals surface area contributed by atoms with E-state index in [4.69, 9.17) is 5.73 Å². The molecule has 3 fully saturated rings. The Bertz CT molecular complexity index is 628. The molecule has 26 heavy (non-hydrogen) atoms. The van der Waals surface area contributed by atoms with Crippen LogP contribution in [0.15, 0.2) is 0 Å². The highest BCUT2D eigenvalue weighted by atomic mass is 19.3. The van der Waals surface area contributed by atoms with Crippen molar-refractivity contribution in [2.24, 2.45) is 23.0 Å². The van der Waals surface area contributed by atoms with Gasteiger partial charge in [0.25, 0.3) is 0 Å². The van der Waals surface area contributed by atoms with Crippen molar-refractivity contribution in [3.63, 3.8) is 0 Å². The van der Waals surface area contributed by atoms with Crippen molar-refractivity contribution in [2.75, 3.05) is 13.1 Å². The topological polar surface area (TPSA) is 99.2 Å². The lowest BCUT2D eigenvalue weighted by atomic mass is 9.51. The lowest BCUT2D eigenvalue weighted by molar-refractivity contribution is -0.143. The number of likely N-dealkylation sites (tertiary alicyclic amines) is 1. The Morgan fingerprint density at radius 1 is 1.31 bits per heavy atom. The molecule has 1 heterocycles. The van der Waals surface area contributed by atoms with Crippen molar-refractivity contribution < 1.29 is 18.4 Å². The number of piperidine rings is 1. The number of carbonyl (C=O) groups excluding carboxylic acids is 2. The van der Waals surface area contributed by atoms with E-state index in [-0.39, 0.29) is 11.3 Å². The van der Waals surface area contributed by atoms with E-state index < -0.39 is 35.7 Å². The van der Waals surface area contributed by atoms with Gasteiger partial charge in [-0.25, -0.2) is 13.6 Å². The van der Waals surface area contributed by atoms with E-state index in [1.165, 1.54) is 0 Å². The number of primary amides is 1. The van der Waals surface area contributed by atoms with Crippen LogP contribution in [0.25, 0.3) is 0 Å². The number of amides is 3. The van der Waals surface area contributed by atoms with Gasteiger partial charge in [-0.1, -0.05) is 0 Å². The van der Waals surface area contributed by atoms with E-state index in [9.17, 15) is 23.6 Å². The van der Waals surface area contributed by atoms with Gasteiger partial charge in [-0.15, -0.1) is 0 Å². The molecule has 6 nitrogen and oxygen atoms in total. The maximum atomic E-state index is 13.8. The molecular formula is C18H26F2N4O2. The van der Waals surface area contributed by atoms with Crippen LogP contribution in [0.4, 0.5) is 13.6 Å². The van der Waals surface area contributed by atoms with Gasteiger partial charge in [-0.05, 0) is 56.8 Å². The van der Waals surface area contributed by atoms with E-state index in [0.717, 1.165) is 19.8 Å². The maximum absolute atomic E-state index is 13.8. The zero-order valence-corrected chi connectivity index (χ0v) is 15.1. The van der Waals surface area contributed by atoms with E-state index in [1.807, 2.05) is 0 Å². The van der Waals surface area contributed by atoms with Gasteiger partial charge in [-0.3, -0.25) is 4.79 Å². The van der Waals surface area contributed by atoms with E-state index in [0.29, 0.717) is 38.8 Å². The van der Waals surface area contributed by atoms with Gasteiger partial charge in [0.2, 0.25) is 11.8 Å². The molecule has 2 atom stereocenters. The minimum Gasteiger partial charge on any atom is -0.351 e. The van der Waals surface area contributed by atoms with Crippen LogP contribution in [0.1, 0.15) is 51.9 Å². The van der Waals surface area contributed by atoms with Gasteiger partial charge in [-0.2, -0.15) is 5.26 Å². The normalized spacial score (nSPS) is 27.2. The maximum Gasteiger partial charge on any atom is 0.314 e. The number of nitrogens with two attached hydrogens (primary N) is 1. The molecule has 1 spiro atoms. The zero-order chi connectivity index (χ0) is 19.2. The van der Waals surface area contributed by atoms with Crippen LogP contribution >= 0.6 is 0 Å². The Kier molecular flexibility index (Phi) is 4.62. The number of urea groups is 1. The molecule has 0 aromatic rings. The van der Waals surface area contributed by atoms with Gasteiger partial charge in [0.05, 0.1) is 6.07 Å². The quantitative estimate of drug-likeness (QED) is 0.779. The van der Waals surface area contributed by atoms with Crippen molar-refractivity contribution in [3.05, 3.63) is 0 Å². The predicted octanol–water partition coefficient (Wildman–Crippen LogP) is 2.39. The first-order chi connectivity index (χ1) is 12.1. The monoisotopic (exact) mass is 368 g/mol. The summed E-state index contributed by atoms with van der Waals surface area (Å²) in [5.74, 6) is -4.32. The Hall–Kier alpha value is -1.91. The third-order valence-corrected chi connectivity index (χ3v) is 6.54. The summed E-state index contributed by atoms with van der Waals surface area (Å²) in [6.45, 7) is 1.85. The first-order valence-corrected chi connectivity index (χ1v) is 9.25. The largest absolute Gasteiger partial charge is 0.351 e. The van der Waals surface area contributed by atoms with Crippen LogP contribution in [0.2, 0.25) is 0 Å². The van der Waals surface area contributed by atoms with Crippen LogP contribution in [-0.2, 0) is 4.79 Å². The average Bonchev–Trinajstić information content (AvgIpc) is 3.32. The summed E-state index contributed by atoms with van der Waals surface area (Å²) >= 11 is 0. The SMILES string of the molecule is CC(F)(F)C[C@H](C(=O)NC1(C#N)CC1)C1CCC12CCN(C(N)=O)CC2. The molecule has 3 rings (SSSR count). The van der Waals surface area contributed by atoms with Crippen LogP contribution in [0.5, 0.6) is 0 Å². The Balaban J connectivity index is 1.73. The molecule has 8 heteroatoms. The second-order valence-electron chi connectivity index (χ2n) is 8.40. The lowest BCUT2D eigenvalue weighted by Crippen LogP contribution is -2.56. The number of nitriles is 1. The molecule has 2 saturated carbocycles. The summed E-state index contributed by atoms with van der Waals surface area (Å²) in [4.78, 5) is 25.7. The molecule has 3 N–H and O–H groups in total. The van der Waals surface area contributed by atoms with Gasteiger partial charge in [0, 0.05) is 25.4 Å². The third kappa shape index (κ3) is 3.62. The molecule has 144 valence electrons. The molecule has 0 aromatic heterocycles. The fourth-order valence-corrected chi connectivity index (χ4v) is 4.66. The van der Waals surface area contributed by atoms with E-state index >= 15 is 0 Å². The third-order valence-electron chi connectivity index (χ3n) is 6.54.